The van der Waals surface area contributed by atoms with E-state index >= 15 is 0 Å². The van der Waals surface area contributed by atoms with Crippen LogP contribution in [0.2, 0.25) is 0 Å². The SMILES string of the molecule is CC(O)CN(C)C(=O)CC1(CN)CCCCC1. The molecule has 1 unspecified atom stereocenters. The normalized spacial score (nSPS) is 20.9. The van der Waals surface area contributed by atoms with E-state index in [4.69, 9.17) is 5.73 Å². The molecule has 1 atom stereocenters. The second-order valence-corrected chi connectivity index (χ2v) is 5.56. The Morgan fingerprint density at radius 2 is 2.00 bits per heavy atom. The molecule has 1 amide bonds. The van der Waals surface area contributed by atoms with Gasteiger partial charge in [-0.2, -0.15) is 0 Å². The van der Waals surface area contributed by atoms with Crippen LogP contribution in [-0.4, -0.2) is 42.2 Å². The summed E-state index contributed by atoms with van der Waals surface area (Å²) >= 11 is 0. The first-order valence-electron chi connectivity index (χ1n) is 6.61. The van der Waals surface area contributed by atoms with Gasteiger partial charge < -0.3 is 15.7 Å². The quantitative estimate of drug-likeness (QED) is 0.759. The van der Waals surface area contributed by atoms with E-state index in [2.05, 4.69) is 0 Å². The van der Waals surface area contributed by atoms with Gasteiger partial charge in [0.1, 0.15) is 0 Å². The zero-order valence-electron chi connectivity index (χ0n) is 11.1. The minimum Gasteiger partial charge on any atom is -0.392 e. The van der Waals surface area contributed by atoms with E-state index in [1.807, 2.05) is 0 Å². The predicted molar refractivity (Wildman–Crippen MR) is 68.5 cm³/mol. The van der Waals surface area contributed by atoms with E-state index in [0.717, 1.165) is 12.8 Å². The Morgan fingerprint density at radius 1 is 1.41 bits per heavy atom. The largest absolute Gasteiger partial charge is 0.392 e. The molecule has 0 aromatic rings. The summed E-state index contributed by atoms with van der Waals surface area (Å²) in [5, 5.41) is 9.28. The van der Waals surface area contributed by atoms with Crippen molar-refractivity contribution in [1.82, 2.24) is 4.90 Å². The molecule has 1 rings (SSSR count). The Labute approximate surface area is 104 Å². The average molecular weight is 242 g/mol. The van der Waals surface area contributed by atoms with E-state index in [1.165, 1.54) is 19.3 Å². The van der Waals surface area contributed by atoms with Crippen molar-refractivity contribution in [1.29, 1.82) is 0 Å². The lowest BCUT2D eigenvalue weighted by atomic mass is 9.71. The number of amides is 1. The fourth-order valence-corrected chi connectivity index (χ4v) is 2.71. The van der Waals surface area contributed by atoms with Crippen LogP contribution in [-0.2, 0) is 4.79 Å². The summed E-state index contributed by atoms with van der Waals surface area (Å²) in [6.07, 6.45) is 5.83. The highest BCUT2D eigenvalue weighted by Gasteiger charge is 2.33. The average Bonchev–Trinajstić information content (AvgIpc) is 2.29. The van der Waals surface area contributed by atoms with Gasteiger partial charge in [0.25, 0.3) is 0 Å². The molecule has 0 saturated heterocycles. The van der Waals surface area contributed by atoms with Gasteiger partial charge in [-0.3, -0.25) is 4.79 Å². The van der Waals surface area contributed by atoms with Crippen molar-refractivity contribution >= 4 is 5.91 Å². The third-order valence-corrected chi connectivity index (χ3v) is 3.84. The second-order valence-electron chi connectivity index (χ2n) is 5.56. The number of aliphatic hydroxyl groups excluding tert-OH is 1. The molecule has 1 aliphatic rings. The lowest BCUT2D eigenvalue weighted by Gasteiger charge is -2.36. The monoisotopic (exact) mass is 242 g/mol. The zero-order chi connectivity index (χ0) is 12.9. The minimum atomic E-state index is -0.468. The molecular weight excluding hydrogens is 216 g/mol. The summed E-state index contributed by atoms with van der Waals surface area (Å²) in [4.78, 5) is 13.7. The van der Waals surface area contributed by atoms with Gasteiger partial charge in [-0.15, -0.1) is 0 Å². The molecule has 0 aliphatic heterocycles. The van der Waals surface area contributed by atoms with Crippen LogP contribution in [0.25, 0.3) is 0 Å². The predicted octanol–water partition coefficient (Wildman–Crippen LogP) is 1.12. The van der Waals surface area contributed by atoms with Crippen molar-refractivity contribution in [3.05, 3.63) is 0 Å². The molecule has 3 N–H and O–H groups in total. The molecular formula is C13H26N2O2. The molecule has 4 nitrogen and oxygen atoms in total. The Morgan fingerprint density at radius 3 is 2.47 bits per heavy atom. The van der Waals surface area contributed by atoms with E-state index in [-0.39, 0.29) is 11.3 Å². The number of nitrogens with two attached hydrogens (primary N) is 1. The molecule has 4 heteroatoms. The number of carbonyl (C=O) groups excluding carboxylic acids is 1. The zero-order valence-corrected chi connectivity index (χ0v) is 11.1. The molecule has 0 spiro atoms. The summed E-state index contributed by atoms with van der Waals surface area (Å²) in [7, 11) is 1.75. The first kappa shape index (κ1) is 14.5. The summed E-state index contributed by atoms with van der Waals surface area (Å²) in [6, 6.07) is 0. The van der Waals surface area contributed by atoms with E-state index in [1.54, 1.807) is 18.9 Å². The van der Waals surface area contributed by atoms with Crippen LogP contribution in [0.1, 0.15) is 45.4 Å². The van der Waals surface area contributed by atoms with Crippen molar-refractivity contribution < 1.29 is 9.90 Å². The van der Waals surface area contributed by atoms with Crippen LogP contribution in [0, 0.1) is 5.41 Å². The number of hydrogen-bond acceptors (Lipinski definition) is 3. The van der Waals surface area contributed by atoms with Gasteiger partial charge in [0.2, 0.25) is 5.91 Å². The van der Waals surface area contributed by atoms with Gasteiger partial charge in [0.05, 0.1) is 6.10 Å². The molecule has 0 aromatic heterocycles. The van der Waals surface area contributed by atoms with Crippen molar-refractivity contribution in [2.24, 2.45) is 11.1 Å². The maximum absolute atomic E-state index is 12.1. The second kappa shape index (κ2) is 6.36. The van der Waals surface area contributed by atoms with E-state index in [9.17, 15) is 9.90 Å². The first-order valence-corrected chi connectivity index (χ1v) is 6.61. The highest BCUT2D eigenvalue weighted by Crippen LogP contribution is 2.38. The lowest BCUT2D eigenvalue weighted by Crippen LogP contribution is -2.41. The van der Waals surface area contributed by atoms with Crippen molar-refractivity contribution in [2.45, 2.75) is 51.6 Å². The number of likely N-dealkylation sites (N-methyl/N-ethyl adjacent to an activating group) is 1. The highest BCUT2D eigenvalue weighted by atomic mass is 16.3. The van der Waals surface area contributed by atoms with Crippen molar-refractivity contribution in [2.75, 3.05) is 20.1 Å². The Balaban J connectivity index is 2.52. The summed E-state index contributed by atoms with van der Waals surface area (Å²) < 4.78 is 0. The van der Waals surface area contributed by atoms with E-state index in [0.29, 0.717) is 19.5 Å². The third-order valence-electron chi connectivity index (χ3n) is 3.84. The Bertz CT molecular complexity index is 248. The minimum absolute atomic E-state index is 0.0162. The van der Waals surface area contributed by atoms with Crippen LogP contribution in [0.15, 0.2) is 0 Å². The molecule has 17 heavy (non-hydrogen) atoms. The smallest absolute Gasteiger partial charge is 0.223 e. The molecule has 0 heterocycles. The van der Waals surface area contributed by atoms with E-state index < -0.39 is 6.10 Å². The number of nitrogens with zero attached hydrogens (tertiary/aromatic N) is 1. The topological polar surface area (TPSA) is 66.6 Å². The summed E-state index contributed by atoms with van der Waals surface area (Å²) in [5.41, 5.74) is 5.88. The van der Waals surface area contributed by atoms with Crippen molar-refractivity contribution in [3.63, 3.8) is 0 Å². The highest BCUT2D eigenvalue weighted by molar-refractivity contribution is 5.76. The van der Waals surface area contributed by atoms with Gasteiger partial charge in [0.15, 0.2) is 0 Å². The number of carbonyl (C=O) groups is 1. The van der Waals surface area contributed by atoms with Crippen LogP contribution >= 0.6 is 0 Å². The molecule has 0 bridgehead atoms. The fourth-order valence-electron chi connectivity index (χ4n) is 2.71. The van der Waals surface area contributed by atoms with Crippen LogP contribution in [0.5, 0.6) is 0 Å². The number of hydrogen-bond donors (Lipinski definition) is 2. The van der Waals surface area contributed by atoms with Gasteiger partial charge in [-0.1, -0.05) is 19.3 Å². The van der Waals surface area contributed by atoms with Gasteiger partial charge in [0, 0.05) is 20.0 Å². The van der Waals surface area contributed by atoms with Gasteiger partial charge in [-0.25, -0.2) is 0 Å². The maximum atomic E-state index is 12.1. The number of rotatable bonds is 5. The van der Waals surface area contributed by atoms with Gasteiger partial charge in [-0.05, 0) is 31.7 Å². The number of aliphatic hydroxyl groups is 1. The Hall–Kier alpha value is -0.610. The third kappa shape index (κ3) is 4.28. The lowest BCUT2D eigenvalue weighted by molar-refractivity contribution is -0.134. The van der Waals surface area contributed by atoms with Crippen LogP contribution < -0.4 is 5.73 Å². The Kier molecular flexibility index (Phi) is 5.40. The summed E-state index contributed by atoms with van der Waals surface area (Å²) in [5.74, 6) is 0.109. The molecule has 1 fully saturated rings. The molecule has 1 saturated carbocycles. The van der Waals surface area contributed by atoms with Crippen LogP contribution in [0.3, 0.4) is 0 Å². The molecule has 0 aromatic carbocycles. The first-order chi connectivity index (χ1) is 7.99. The van der Waals surface area contributed by atoms with Crippen molar-refractivity contribution in [3.8, 4) is 0 Å². The van der Waals surface area contributed by atoms with Crippen LogP contribution in [0.4, 0.5) is 0 Å². The summed E-state index contributed by atoms with van der Waals surface area (Å²) in [6.45, 7) is 2.70. The molecule has 100 valence electrons. The fraction of sp³-hybridized carbons (Fsp3) is 0.923. The standard InChI is InChI=1S/C13H26N2O2/c1-11(16)9-15(2)12(17)8-13(10-14)6-4-3-5-7-13/h11,16H,3-10,14H2,1-2H3. The molecule has 0 radical (unpaired) electrons. The molecule has 1 aliphatic carbocycles. The maximum Gasteiger partial charge on any atom is 0.223 e. The van der Waals surface area contributed by atoms with Gasteiger partial charge >= 0.3 is 0 Å².